The van der Waals surface area contributed by atoms with Gasteiger partial charge >= 0.3 is 0 Å². The molecule has 7 nitrogen and oxygen atoms in total. The highest BCUT2D eigenvalue weighted by Gasteiger charge is 2.34. The fraction of sp³-hybridized carbons (Fsp3) is 0.462. The number of nitrogens with zero attached hydrogens (tertiary/aromatic N) is 1. The molecule has 0 aromatic heterocycles. The molecule has 1 unspecified atom stereocenters. The summed E-state index contributed by atoms with van der Waals surface area (Å²) in [4.78, 5) is 27.6. The Balaban J connectivity index is 1.70. The highest BCUT2D eigenvalue weighted by atomic mass is 32.2. The zero-order valence-corrected chi connectivity index (χ0v) is 21.5. The van der Waals surface area contributed by atoms with Crippen LogP contribution in [0.2, 0.25) is 0 Å². The summed E-state index contributed by atoms with van der Waals surface area (Å²) in [6.07, 6.45) is 2.32. The molecule has 0 spiro atoms. The lowest BCUT2D eigenvalue weighted by Gasteiger charge is -2.24. The van der Waals surface area contributed by atoms with E-state index in [4.69, 9.17) is 0 Å². The molecule has 184 valence electrons. The number of sulfonamides is 1. The summed E-state index contributed by atoms with van der Waals surface area (Å²) in [5, 5.41) is 2.95. The summed E-state index contributed by atoms with van der Waals surface area (Å²) in [6.45, 7) is 10.8. The molecular weight excluding hydrogens is 450 g/mol. The van der Waals surface area contributed by atoms with Gasteiger partial charge in [0.2, 0.25) is 5.91 Å². The van der Waals surface area contributed by atoms with Gasteiger partial charge in [-0.2, -0.15) is 0 Å². The van der Waals surface area contributed by atoms with E-state index < -0.39 is 16.1 Å². The van der Waals surface area contributed by atoms with Crippen LogP contribution in [-0.2, 0) is 14.8 Å². The number of hydrogen-bond donors (Lipinski definition) is 2. The minimum atomic E-state index is -3.77. The molecule has 2 amide bonds. The molecule has 1 heterocycles. The molecule has 8 heteroatoms. The standard InChI is InChI=1S/C26H35N3O4S/c1-17(2)12-13-27-25(30)23-7-6-14-29(23)26(31)21-8-10-22(11-9-21)28-34(32,33)24-19(4)15-18(3)16-20(24)5/h8-11,15-17,23,28H,6-7,12-14H2,1-5H3,(H,27,30). The number of benzene rings is 2. The van der Waals surface area contributed by atoms with E-state index in [1.54, 1.807) is 43.0 Å². The summed E-state index contributed by atoms with van der Waals surface area (Å²) in [6, 6.07) is 9.57. The summed E-state index contributed by atoms with van der Waals surface area (Å²) < 4.78 is 28.6. The van der Waals surface area contributed by atoms with Crippen LogP contribution in [0, 0.1) is 26.7 Å². The van der Waals surface area contributed by atoms with Gasteiger partial charge < -0.3 is 10.2 Å². The Labute approximate surface area is 203 Å². The number of amides is 2. The quantitative estimate of drug-likeness (QED) is 0.586. The minimum absolute atomic E-state index is 0.111. The maximum absolute atomic E-state index is 13.1. The fourth-order valence-corrected chi connectivity index (χ4v) is 6.04. The van der Waals surface area contributed by atoms with Crippen LogP contribution in [0.3, 0.4) is 0 Å². The Morgan fingerprint density at radius 2 is 1.68 bits per heavy atom. The highest BCUT2D eigenvalue weighted by molar-refractivity contribution is 7.92. The first-order valence-corrected chi connectivity index (χ1v) is 13.3. The van der Waals surface area contributed by atoms with Gasteiger partial charge in [0.15, 0.2) is 0 Å². The fourth-order valence-electron chi connectivity index (χ4n) is 4.53. The number of rotatable bonds is 8. The van der Waals surface area contributed by atoms with Crippen LogP contribution < -0.4 is 10.0 Å². The number of carbonyl (C=O) groups excluding carboxylic acids is 2. The average Bonchev–Trinajstić information content (AvgIpc) is 3.22. The molecule has 1 fully saturated rings. The van der Waals surface area contributed by atoms with E-state index in [0.29, 0.717) is 47.8 Å². The van der Waals surface area contributed by atoms with E-state index in [0.717, 1.165) is 18.4 Å². The van der Waals surface area contributed by atoms with Crippen molar-refractivity contribution in [2.75, 3.05) is 17.8 Å². The summed E-state index contributed by atoms with van der Waals surface area (Å²) in [5.74, 6) is 0.164. The molecule has 0 radical (unpaired) electrons. The lowest BCUT2D eigenvalue weighted by molar-refractivity contribution is -0.124. The van der Waals surface area contributed by atoms with Gasteiger partial charge in [-0.05, 0) is 81.3 Å². The van der Waals surface area contributed by atoms with Crippen LogP contribution >= 0.6 is 0 Å². The van der Waals surface area contributed by atoms with Gasteiger partial charge in [0.25, 0.3) is 15.9 Å². The lowest BCUT2D eigenvalue weighted by atomic mass is 10.1. The number of carbonyl (C=O) groups is 2. The SMILES string of the molecule is Cc1cc(C)c(S(=O)(=O)Nc2ccc(C(=O)N3CCCC3C(=O)NCCC(C)C)cc2)c(C)c1. The Morgan fingerprint density at radius 1 is 1.06 bits per heavy atom. The number of aryl methyl sites for hydroxylation is 3. The van der Waals surface area contributed by atoms with Crippen LogP contribution in [0.5, 0.6) is 0 Å². The summed E-state index contributed by atoms with van der Waals surface area (Å²) >= 11 is 0. The predicted molar refractivity (Wildman–Crippen MR) is 134 cm³/mol. The summed E-state index contributed by atoms with van der Waals surface area (Å²) in [7, 11) is -3.77. The maximum atomic E-state index is 13.1. The second-order valence-corrected chi connectivity index (χ2v) is 11.2. The maximum Gasteiger partial charge on any atom is 0.262 e. The smallest absolute Gasteiger partial charge is 0.262 e. The molecule has 2 aromatic rings. The van der Waals surface area contributed by atoms with Crippen LogP contribution in [0.4, 0.5) is 5.69 Å². The Bertz CT molecular complexity index is 1130. The van der Waals surface area contributed by atoms with Crippen molar-refractivity contribution in [1.29, 1.82) is 0 Å². The number of hydrogen-bond acceptors (Lipinski definition) is 4. The third-order valence-corrected chi connectivity index (χ3v) is 7.78. The van der Waals surface area contributed by atoms with Crippen molar-refractivity contribution in [2.24, 2.45) is 5.92 Å². The van der Waals surface area contributed by atoms with Crippen LogP contribution in [0.25, 0.3) is 0 Å². The van der Waals surface area contributed by atoms with Crippen molar-refractivity contribution < 1.29 is 18.0 Å². The topological polar surface area (TPSA) is 95.6 Å². The molecule has 0 saturated carbocycles. The lowest BCUT2D eigenvalue weighted by Crippen LogP contribution is -2.46. The molecule has 2 aromatic carbocycles. The Kier molecular flexibility index (Phi) is 8.02. The van der Waals surface area contributed by atoms with Crippen LogP contribution in [0.15, 0.2) is 41.3 Å². The molecule has 34 heavy (non-hydrogen) atoms. The van der Waals surface area contributed by atoms with E-state index in [1.165, 1.54) is 0 Å². The van der Waals surface area contributed by atoms with Crippen molar-refractivity contribution in [1.82, 2.24) is 10.2 Å². The van der Waals surface area contributed by atoms with Crippen molar-refractivity contribution in [2.45, 2.75) is 64.8 Å². The largest absolute Gasteiger partial charge is 0.354 e. The second kappa shape index (κ2) is 10.6. The third kappa shape index (κ3) is 5.97. The van der Waals surface area contributed by atoms with Crippen molar-refractivity contribution in [3.63, 3.8) is 0 Å². The van der Waals surface area contributed by atoms with Gasteiger partial charge in [0, 0.05) is 24.3 Å². The molecule has 0 bridgehead atoms. The molecule has 1 atom stereocenters. The average molecular weight is 486 g/mol. The van der Waals surface area contributed by atoms with Crippen molar-refractivity contribution in [3.05, 3.63) is 58.7 Å². The van der Waals surface area contributed by atoms with E-state index in [2.05, 4.69) is 23.9 Å². The third-order valence-electron chi connectivity index (χ3n) is 6.09. The summed E-state index contributed by atoms with van der Waals surface area (Å²) in [5.41, 5.74) is 3.17. The zero-order valence-electron chi connectivity index (χ0n) is 20.6. The molecule has 1 aliphatic rings. The number of anilines is 1. The first-order chi connectivity index (χ1) is 16.0. The van der Waals surface area contributed by atoms with Gasteiger partial charge in [-0.3, -0.25) is 14.3 Å². The first kappa shape index (κ1) is 25.7. The number of nitrogens with one attached hydrogen (secondary N) is 2. The monoisotopic (exact) mass is 485 g/mol. The molecule has 1 aliphatic heterocycles. The molecular formula is C26H35N3O4S. The van der Waals surface area contributed by atoms with E-state index >= 15 is 0 Å². The molecule has 3 rings (SSSR count). The molecule has 0 aliphatic carbocycles. The second-order valence-electron chi connectivity index (χ2n) is 9.54. The zero-order chi connectivity index (χ0) is 25.0. The van der Waals surface area contributed by atoms with Gasteiger partial charge in [0.05, 0.1) is 4.90 Å². The predicted octanol–water partition coefficient (Wildman–Crippen LogP) is 4.18. The van der Waals surface area contributed by atoms with Gasteiger partial charge in [-0.25, -0.2) is 8.42 Å². The van der Waals surface area contributed by atoms with Gasteiger partial charge in [0.1, 0.15) is 6.04 Å². The van der Waals surface area contributed by atoms with E-state index in [1.807, 2.05) is 19.1 Å². The van der Waals surface area contributed by atoms with E-state index in [-0.39, 0.29) is 16.7 Å². The number of likely N-dealkylation sites (tertiary alicyclic amines) is 1. The first-order valence-electron chi connectivity index (χ1n) is 11.8. The van der Waals surface area contributed by atoms with Crippen LogP contribution in [0.1, 0.15) is 60.2 Å². The van der Waals surface area contributed by atoms with Gasteiger partial charge in [-0.15, -0.1) is 0 Å². The van der Waals surface area contributed by atoms with Gasteiger partial charge in [-0.1, -0.05) is 31.5 Å². The molecule has 2 N–H and O–H groups in total. The van der Waals surface area contributed by atoms with Crippen molar-refractivity contribution in [3.8, 4) is 0 Å². The highest BCUT2D eigenvalue weighted by Crippen LogP contribution is 2.25. The van der Waals surface area contributed by atoms with E-state index in [9.17, 15) is 18.0 Å². The van der Waals surface area contributed by atoms with Crippen LogP contribution in [-0.4, -0.2) is 44.3 Å². The van der Waals surface area contributed by atoms with Crippen molar-refractivity contribution >= 4 is 27.5 Å². The normalized spacial score (nSPS) is 16.1. The Morgan fingerprint density at radius 3 is 2.26 bits per heavy atom. The minimum Gasteiger partial charge on any atom is -0.354 e. The Hall–Kier alpha value is -2.87. The molecule has 1 saturated heterocycles.